The standard InChI is InChI=1S/C21H21O5P/c22-21(23)14-13-20(19-12-6-10-17-9-4-5-11-18(17)19)26-27(24,25)15-16-7-2-1-3-8-16/h1-12,20H,13-15H2,(H,22,23)(H,24,25). The van der Waals surface area contributed by atoms with Crippen LogP contribution in [0.3, 0.4) is 0 Å². The molecule has 0 aliphatic heterocycles. The maximum Gasteiger partial charge on any atom is 0.333 e. The van der Waals surface area contributed by atoms with Gasteiger partial charge in [0, 0.05) is 6.42 Å². The van der Waals surface area contributed by atoms with E-state index in [1.165, 1.54) is 0 Å². The van der Waals surface area contributed by atoms with Gasteiger partial charge in [0.15, 0.2) is 0 Å². The van der Waals surface area contributed by atoms with Crippen molar-refractivity contribution in [2.24, 2.45) is 0 Å². The summed E-state index contributed by atoms with van der Waals surface area (Å²) >= 11 is 0. The van der Waals surface area contributed by atoms with Crippen LogP contribution in [0.2, 0.25) is 0 Å². The first-order chi connectivity index (χ1) is 12.9. The fourth-order valence-corrected chi connectivity index (χ4v) is 4.46. The maximum atomic E-state index is 12.7. The zero-order valence-corrected chi connectivity index (χ0v) is 15.6. The Hall–Kier alpha value is -2.46. The second-order valence-electron chi connectivity index (χ2n) is 6.38. The highest BCUT2D eigenvalue weighted by Gasteiger charge is 2.28. The molecule has 0 saturated carbocycles. The molecule has 0 bridgehead atoms. The number of benzene rings is 3. The van der Waals surface area contributed by atoms with Gasteiger partial charge >= 0.3 is 13.6 Å². The van der Waals surface area contributed by atoms with Crippen LogP contribution in [0.1, 0.15) is 30.1 Å². The van der Waals surface area contributed by atoms with Crippen LogP contribution in [0.15, 0.2) is 72.8 Å². The summed E-state index contributed by atoms with van der Waals surface area (Å²) < 4.78 is 18.4. The van der Waals surface area contributed by atoms with E-state index in [9.17, 15) is 14.3 Å². The lowest BCUT2D eigenvalue weighted by Crippen LogP contribution is -2.08. The summed E-state index contributed by atoms with van der Waals surface area (Å²) in [5.74, 6) is -0.973. The number of hydrogen-bond donors (Lipinski definition) is 2. The van der Waals surface area contributed by atoms with Crippen molar-refractivity contribution in [3.05, 3.63) is 83.9 Å². The lowest BCUT2D eigenvalue weighted by molar-refractivity contribution is -0.137. The number of carbonyl (C=O) groups is 1. The first-order valence-electron chi connectivity index (χ1n) is 8.68. The molecule has 2 N–H and O–H groups in total. The molecule has 6 heteroatoms. The Kier molecular flexibility index (Phi) is 6.07. The van der Waals surface area contributed by atoms with E-state index in [1.54, 1.807) is 24.3 Å². The Balaban J connectivity index is 1.91. The normalized spacial score (nSPS) is 14.6. The molecule has 0 saturated heterocycles. The van der Waals surface area contributed by atoms with Crippen LogP contribution in [0.5, 0.6) is 0 Å². The highest BCUT2D eigenvalue weighted by Crippen LogP contribution is 2.51. The molecule has 0 fully saturated rings. The summed E-state index contributed by atoms with van der Waals surface area (Å²) in [6, 6.07) is 22.2. The van der Waals surface area contributed by atoms with E-state index < -0.39 is 19.7 Å². The number of fused-ring (bicyclic) bond motifs is 1. The third-order valence-electron chi connectivity index (χ3n) is 4.31. The van der Waals surface area contributed by atoms with E-state index in [1.807, 2.05) is 48.5 Å². The zero-order chi connectivity index (χ0) is 19.3. The average Bonchev–Trinajstić information content (AvgIpc) is 2.65. The van der Waals surface area contributed by atoms with Gasteiger partial charge in [0.1, 0.15) is 0 Å². The summed E-state index contributed by atoms with van der Waals surface area (Å²) in [6.45, 7) is 0. The molecule has 0 aliphatic carbocycles. The quantitative estimate of drug-likeness (QED) is 0.525. The predicted molar refractivity (Wildman–Crippen MR) is 105 cm³/mol. The van der Waals surface area contributed by atoms with Crippen LogP contribution in [0.25, 0.3) is 10.8 Å². The van der Waals surface area contributed by atoms with Crippen molar-refractivity contribution in [1.29, 1.82) is 0 Å². The fourth-order valence-electron chi connectivity index (χ4n) is 3.10. The van der Waals surface area contributed by atoms with E-state index in [2.05, 4.69) is 0 Å². The van der Waals surface area contributed by atoms with Crippen molar-refractivity contribution in [3.8, 4) is 0 Å². The first-order valence-corrected chi connectivity index (χ1v) is 10.4. The van der Waals surface area contributed by atoms with Gasteiger partial charge in [0.2, 0.25) is 0 Å². The van der Waals surface area contributed by atoms with Gasteiger partial charge in [0.25, 0.3) is 0 Å². The Morgan fingerprint density at radius 1 is 0.963 bits per heavy atom. The average molecular weight is 384 g/mol. The third kappa shape index (κ3) is 5.27. The van der Waals surface area contributed by atoms with E-state index >= 15 is 0 Å². The molecule has 0 radical (unpaired) electrons. The molecular formula is C21H21O5P. The molecule has 0 aliphatic rings. The lowest BCUT2D eigenvalue weighted by atomic mass is 9.98. The Morgan fingerprint density at radius 3 is 2.37 bits per heavy atom. The van der Waals surface area contributed by atoms with Crippen molar-refractivity contribution in [3.63, 3.8) is 0 Å². The number of rotatable bonds is 8. The number of carboxylic acids is 1. The second-order valence-corrected chi connectivity index (χ2v) is 8.18. The van der Waals surface area contributed by atoms with Crippen molar-refractivity contribution in [1.82, 2.24) is 0 Å². The highest BCUT2D eigenvalue weighted by molar-refractivity contribution is 7.51. The number of carboxylic acid groups (broad SMARTS) is 1. The van der Waals surface area contributed by atoms with Gasteiger partial charge in [0.05, 0.1) is 12.3 Å². The monoisotopic (exact) mass is 384 g/mol. The molecule has 3 aromatic rings. The second kappa shape index (κ2) is 8.49. The minimum atomic E-state index is -3.97. The number of aliphatic carboxylic acids is 1. The van der Waals surface area contributed by atoms with Crippen molar-refractivity contribution in [2.75, 3.05) is 0 Å². The zero-order valence-electron chi connectivity index (χ0n) is 14.7. The van der Waals surface area contributed by atoms with Crippen molar-refractivity contribution >= 4 is 24.3 Å². The van der Waals surface area contributed by atoms with Gasteiger partial charge in [-0.05, 0) is 28.3 Å². The topological polar surface area (TPSA) is 83.8 Å². The first kappa shape index (κ1) is 19.3. The van der Waals surface area contributed by atoms with Gasteiger partial charge in [-0.2, -0.15) is 0 Å². The molecule has 2 atom stereocenters. The van der Waals surface area contributed by atoms with Crippen LogP contribution < -0.4 is 0 Å². The summed E-state index contributed by atoms with van der Waals surface area (Å²) in [4.78, 5) is 21.5. The van der Waals surface area contributed by atoms with Gasteiger partial charge in [-0.1, -0.05) is 72.8 Å². The summed E-state index contributed by atoms with van der Waals surface area (Å²) in [5.41, 5.74) is 1.41. The summed E-state index contributed by atoms with van der Waals surface area (Å²) in [5, 5.41) is 10.9. The van der Waals surface area contributed by atoms with Gasteiger partial charge in [-0.25, -0.2) is 0 Å². The van der Waals surface area contributed by atoms with Gasteiger partial charge in [-0.15, -0.1) is 0 Å². The van der Waals surface area contributed by atoms with Crippen LogP contribution in [-0.2, 0) is 20.0 Å². The lowest BCUT2D eigenvalue weighted by Gasteiger charge is -2.23. The van der Waals surface area contributed by atoms with Crippen LogP contribution in [0.4, 0.5) is 0 Å². The minimum Gasteiger partial charge on any atom is -0.481 e. The molecule has 3 rings (SSSR count). The Morgan fingerprint density at radius 2 is 1.63 bits per heavy atom. The van der Waals surface area contributed by atoms with Crippen LogP contribution in [0, 0.1) is 0 Å². The fraction of sp³-hybridized carbons (Fsp3) is 0.190. The minimum absolute atomic E-state index is 0.114. The summed E-state index contributed by atoms with van der Waals surface area (Å²) in [6.07, 6.45) is -0.948. The summed E-state index contributed by atoms with van der Waals surface area (Å²) in [7, 11) is -3.97. The maximum absolute atomic E-state index is 12.7. The van der Waals surface area contributed by atoms with E-state index in [0.717, 1.165) is 16.3 Å². The van der Waals surface area contributed by atoms with Crippen LogP contribution >= 0.6 is 7.60 Å². The Bertz CT molecular complexity index is 965. The molecule has 2 unspecified atom stereocenters. The SMILES string of the molecule is O=C(O)CCC(OP(=O)(O)Cc1ccccc1)c1cccc2ccccc12. The largest absolute Gasteiger partial charge is 0.481 e. The van der Waals surface area contributed by atoms with E-state index in [4.69, 9.17) is 9.63 Å². The molecule has 140 valence electrons. The molecular weight excluding hydrogens is 363 g/mol. The van der Waals surface area contributed by atoms with Crippen LogP contribution in [-0.4, -0.2) is 16.0 Å². The smallest absolute Gasteiger partial charge is 0.333 e. The van der Waals surface area contributed by atoms with Gasteiger partial charge < -0.3 is 14.5 Å². The molecule has 0 spiro atoms. The van der Waals surface area contributed by atoms with E-state index in [-0.39, 0.29) is 19.0 Å². The van der Waals surface area contributed by atoms with E-state index in [0.29, 0.717) is 5.56 Å². The molecule has 0 amide bonds. The molecule has 0 heterocycles. The molecule has 27 heavy (non-hydrogen) atoms. The molecule has 0 aromatic heterocycles. The predicted octanol–water partition coefficient (Wildman–Crippen LogP) is 5.15. The van der Waals surface area contributed by atoms with Gasteiger partial charge in [-0.3, -0.25) is 9.36 Å². The van der Waals surface area contributed by atoms with Crippen molar-refractivity contribution < 1.29 is 23.9 Å². The third-order valence-corrected chi connectivity index (χ3v) is 5.66. The Labute approximate surface area is 157 Å². The highest BCUT2D eigenvalue weighted by atomic mass is 31.2. The van der Waals surface area contributed by atoms with Crippen molar-refractivity contribution in [2.45, 2.75) is 25.1 Å². The molecule has 5 nitrogen and oxygen atoms in total. The molecule has 3 aromatic carbocycles. The number of hydrogen-bond acceptors (Lipinski definition) is 3.